The highest BCUT2D eigenvalue weighted by molar-refractivity contribution is 7.89. The average molecular weight is 387 g/mol. The van der Waals surface area contributed by atoms with E-state index < -0.39 is 15.9 Å². The van der Waals surface area contributed by atoms with Crippen LogP contribution in [0.5, 0.6) is 0 Å². The number of nitrogens with zero attached hydrogens (tertiary/aromatic N) is 1. The smallest absolute Gasteiger partial charge is 0.258 e. The third-order valence-electron chi connectivity index (χ3n) is 3.74. The second-order valence-corrected chi connectivity index (χ2v) is 9.78. The van der Waals surface area contributed by atoms with Gasteiger partial charge in [0.15, 0.2) is 0 Å². The molecule has 1 amide bonds. The van der Waals surface area contributed by atoms with Gasteiger partial charge in [-0.15, -0.1) is 22.7 Å². The second-order valence-electron chi connectivity index (χ2n) is 6.00. The highest BCUT2D eigenvalue weighted by Crippen LogP contribution is 2.32. The minimum Gasteiger partial charge on any atom is -0.365 e. The third-order valence-corrected chi connectivity index (χ3v) is 7.82. The maximum Gasteiger partial charge on any atom is 0.258 e. The number of hydrogen-bond acceptors (Lipinski definition) is 5. The molecule has 0 aliphatic rings. The normalized spacial score (nSPS) is 13.5. The lowest BCUT2D eigenvalue weighted by Crippen LogP contribution is -2.34. The summed E-state index contributed by atoms with van der Waals surface area (Å²) in [4.78, 5) is 12.6. The second kappa shape index (κ2) is 7.77. The molecule has 0 aliphatic carbocycles. The molecular formula is C16H22N2O3S3. The van der Waals surface area contributed by atoms with Crippen molar-refractivity contribution in [3.63, 3.8) is 0 Å². The summed E-state index contributed by atoms with van der Waals surface area (Å²) in [5, 5.41) is 3.42. The summed E-state index contributed by atoms with van der Waals surface area (Å²) < 4.78 is 27.7. The van der Waals surface area contributed by atoms with E-state index >= 15 is 0 Å². The van der Waals surface area contributed by atoms with Crippen LogP contribution < -0.4 is 5.73 Å². The van der Waals surface area contributed by atoms with Crippen LogP contribution in [0.3, 0.4) is 0 Å². The molecule has 132 valence electrons. The number of carbonyl (C=O) groups excluding carboxylic acids is 1. The number of nitrogens with two attached hydrogens (primary N) is 1. The quantitative estimate of drug-likeness (QED) is 0.751. The molecule has 0 bridgehead atoms. The molecule has 5 nitrogen and oxygen atoms in total. The zero-order valence-electron chi connectivity index (χ0n) is 13.9. The fraction of sp³-hybridized carbons (Fsp3) is 0.438. The molecule has 2 aromatic rings. The molecule has 0 saturated carbocycles. The minimum absolute atomic E-state index is 0.133. The lowest BCUT2D eigenvalue weighted by molar-refractivity contribution is 0.100. The minimum atomic E-state index is -3.69. The van der Waals surface area contributed by atoms with Gasteiger partial charge in [-0.2, -0.15) is 4.31 Å². The van der Waals surface area contributed by atoms with Crippen molar-refractivity contribution in [3.05, 3.63) is 38.7 Å². The highest BCUT2D eigenvalue weighted by Gasteiger charge is 2.31. The zero-order chi connectivity index (χ0) is 17.9. The highest BCUT2D eigenvalue weighted by atomic mass is 32.2. The zero-order valence-corrected chi connectivity index (χ0v) is 16.4. The van der Waals surface area contributed by atoms with Crippen LogP contribution in [-0.4, -0.2) is 25.2 Å². The number of primary amides is 1. The van der Waals surface area contributed by atoms with Crippen molar-refractivity contribution in [2.75, 3.05) is 6.54 Å². The summed E-state index contributed by atoms with van der Waals surface area (Å²) in [5.74, 6) is -0.219. The molecule has 2 heterocycles. The SMILES string of the molecule is CC(C)CCN(C(C)c1cccs1)S(=O)(=O)c1csc(C(N)=O)c1. The van der Waals surface area contributed by atoms with Crippen molar-refractivity contribution >= 4 is 38.6 Å². The Hall–Kier alpha value is -1.22. The van der Waals surface area contributed by atoms with E-state index in [2.05, 4.69) is 13.8 Å². The van der Waals surface area contributed by atoms with Gasteiger partial charge in [0.05, 0.1) is 15.8 Å². The molecule has 0 saturated heterocycles. The van der Waals surface area contributed by atoms with Crippen LogP contribution in [-0.2, 0) is 10.0 Å². The monoisotopic (exact) mass is 386 g/mol. The molecular weight excluding hydrogens is 364 g/mol. The maximum atomic E-state index is 13.1. The summed E-state index contributed by atoms with van der Waals surface area (Å²) in [7, 11) is -3.69. The Kier molecular flexibility index (Phi) is 6.19. The maximum absolute atomic E-state index is 13.1. The van der Waals surface area contributed by atoms with Crippen LogP contribution in [0.1, 0.15) is 47.8 Å². The number of thiophene rings is 2. The van der Waals surface area contributed by atoms with Gasteiger partial charge in [0.1, 0.15) is 0 Å². The van der Waals surface area contributed by atoms with Gasteiger partial charge >= 0.3 is 0 Å². The van der Waals surface area contributed by atoms with Crippen molar-refractivity contribution in [1.29, 1.82) is 0 Å². The number of carbonyl (C=O) groups is 1. The first-order chi connectivity index (χ1) is 11.2. The van der Waals surface area contributed by atoms with Crippen molar-refractivity contribution in [1.82, 2.24) is 4.31 Å². The fourth-order valence-corrected chi connectivity index (χ4v) is 5.90. The number of rotatable bonds is 8. The van der Waals surface area contributed by atoms with Crippen LogP contribution in [0, 0.1) is 5.92 Å². The summed E-state index contributed by atoms with van der Waals surface area (Å²) in [6.45, 7) is 6.46. The van der Waals surface area contributed by atoms with Gasteiger partial charge in [-0.25, -0.2) is 8.42 Å². The molecule has 0 fully saturated rings. The lowest BCUT2D eigenvalue weighted by atomic mass is 10.1. The Bertz CT molecular complexity index is 779. The molecule has 0 spiro atoms. The predicted molar refractivity (Wildman–Crippen MR) is 98.9 cm³/mol. The van der Waals surface area contributed by atoms with E-state index in [0.29, 0.717) is 12.5 Å². The summed E-state index contributed by atoms with van der Waals surface area (Å²) >= 11 is 2.60. The third kappa shape index (κ3) is 4.24. The Morgan fingerprint density at radius 2 is 2.00 bits per heavy atom. The number of amides is 1. The largest absolute Gasteiger partial charge is 0.365 e. The molecule has 2 rings (SSSR count). The van der Waals surface area contributed by atoms with Crippen molar-refractivity contribution in [2.24, 2.45) is 11.7 Å². The van der Waals surface area contributed by atoms with Gasteiger partial charge < -0.3 is 5.73 Å². The van der Waals surface area contributed by atoms with E-state index in [4.69, 9.17) is 5.73 Å². The molecule has 1 atom stereocenters. The summed E-state index contributed by atoms with van der Waals surface area (Å²) in [6, 6.07) is 4.96. The van der Waals surface area contributed by atoms with Gasteiger partial charge in [-0.3, -0.25) is 4.79 Å². The molecule has 0 aromatic carbocycles. The number of hydrogen-bond donors (Lipinski definition) is 1. The van der Waals surface area contributed by atoms with Crippen LogP contribution in [0.4, 0.5) is 0 Å². The topological polar surface area (TPSA) is 80.5 Å². The van der Waals surface area contributed by atoms with Crippen LogP contribution in [0.25, 0.3) is 0 Å². The first kappa shape index (κ1) is 19.1. The average Bonchev–Trinajstić information content (AvgIpc) is 3.18. The van der Waals surface area contributed by atoms with E-state index in [9.17, 15) is 13.2 Å². The van der Waals surface area contributed by atoms with E-state index in [0.717, 1.165) is 22.6 Å². The van der Waals surface area contributed by atoms with Gasteiger partial charge in [-0.1, -0.05) is 19.9 Å². The van der Waals surface area contributed by atoms with Crippen LogP contribution >= 0.6 is 22.7 Å². The van der Waals surface area contributed by atoms with Crippen molar-refractivity contribution in [2.45, 2.75) is 38.1 Å². The molecule has 0 radical (unpaired) electrons. The lowest BCUT2D eigenvalue weighted by Gasteiger charge is -2.28. The van der Waals surface area contributed by atoms with Gasteiger partial charge in [0.2, 0.25) is 10.0 Å². The Morgan fingerprint density at radius 1 is 1.29 bits per heavy atom. The number of sulfonamides is 1. The van der Waals surface area contributed by atoms with Crippen molar-refractivity contribution < 1.29 is 13.2 Å². The standard InChI is InChI=1S/C16H22N2O3S3/c1-11(2)6-7-18(12(3)14-5-4-8-22-14)24(20,21)13-9-15(16(17)19)23-10-13/h4-5,8-12H,6-7H2,1-3H3,(H2,17,19). The molecule has 2 aromatic heterocycles. The van der Waals surface area contributed by atoms with Gasteiger partial charge in [0.25, 0.3) is 5.91 Å². The van der Waals surface area contributed by atoms with E-state index in [-0.39, 0.29) is 15.8 Å². The van der Waals surface area contributed by atoms with Gasteiger partial charge in [-0.05, 0) is 36.8 Å². The summed E-state index contributed by atoms with van der Waals surface area (Å²) in [6.07, 6.45) is 0.766. The van der Waals surface area contributed by atoms with E-state index in [1.54, 1.807) is 0 Å². The molecule has 8 heteroatoms. The Balaban J connectivity index is 2.37. The van der Waals surface area contributed by atoms with Gasteiger partial charge in [0, 0.05) is 16.8 Å². The van der Waals surface area contributed by atoms with Crippen LogP contribution in [0.15, 0.2) is 33.9 Å². The van der Waals surface area contributed by atoms with Crippen molar-refractivity contribution in [3.8, 4) is 0 Å². The first-order valence-corrected chi connectivity index (χ1v) is 10.9. The Morgan fingerprint density at radius 3 is 2.50 bits per heavy atom. The first-order valence-electron chi connectivity index (χ1n) is 7.67. The summed E-state index contributed by atoms with van der Waals surface area (Å²) in [5.41, 5.74) is 5.25. The fourth-order valence-electron chi connectivity index (χ4n) is 2.30. The van der Waals surface area contributed by atoms with E-state index in [1.807, 2.05) is 24.4 Å². The molecule has 24 heavy (non-hydrogen) atoms. The Labute approximate surface area is 151 Å². The van der Waals surface area contributed by atoms with Crippen LogP contribution in [0.2, 0.25) is 0 Å². The predicted octanol–water partition coefficient (Wildman–Crippen LogP) is 3.71. The van der Waals surface area contributed by atoms with E-state index in [1.165, 1.54) is 27.1 Å². The molecule has 0 aliphatic heterocycles. The molecule has 2 N–H and O–H groups in total. The molecule has 1 unspecified atom stereocenters.